The lowest BCUT2D eigenvalue weighted by atomic mass is 10.2. The van der Waals surface area contributed by atoms with Crippen molar-refractivity contribution in [2.75, 3.05) is 61.2 Å². The molecule has 4 amide bonds. The molecular weight excluding hydrogens is 484 g/mol. The highest BCUT2D eigenvalue weighted by Crippen LogP contribution is 2.08. The molecule has 0 heterocycles. The lowest BCUT2D eigenvalue weighted by Gasteiger charge is -2.31. The summed E-state index contributed by atoms with van der Waals surface area (Å²) >= 11 is 0. The topological polar surface area (TPSA) is 134 Å². The van der Waals surface area contributed by atoms with Crippen LogP contribution in [0.4, 0.5) is 0 Å². The number of carbonyl (C=O) groups is 6. The Labute approximate surface area is 218 Å². The maximum Gasteiger partial charge on any atom is 0.307 e. The number of nitrogens with zero attached hydrogens (tertiary/aromatic N) is 4. The first-order valence-corrected chi connectivity index (χ1v) is 11.8. The fourth-order valence-corrected chi connectivity index (χ4v) is 2.77. The molecular formula is C25H40N4O8. The highest BCUT2D eigenvalue weighted by Gasteiger charge is 2.24. The van der Waals surface area contributed by atoms with Gasteiger partial charge < -0.3 is 29.1 Å². The molecule has 0 aliphatic heterocycles. The molecule has 0 aromatic carbocycles. The monoisotopic (exact) mass is 524 g/mol. The van der Waals surface area contributed by atoms with Crippen LogP contribution in [0.5, 0.6) is 0 Å². The minimum Gasteiger partial charge on any atom is -0.465 e. The van der Waals surface area contributed by atoms with Gasteiger partial charge in [-0.2, -0.15) is 0 Å². The standard InChI is InChI=1S/C25H40N4O8/c1-18(2)24(34)28(13-9-22(32)36-15-11-20(30)26(5)6)17-29(25(35)19(3)4)14-10-23(33)37-16-12-21(31)27(7)8/h1,3,9-17H2,2,4-8H3. The second-order valence-corrected chi connectivity index (χ2v) is 8.86. The van der Waals surface area contributed by atoms with E-state index in [1.54, 1.807) is 28.2 Å². The van der Waals surface area contributed by atoms with Gasteiger partial charge in [0, 0.05) is 52.4 Å². The molecule has 0 aliphatic rings. The Morgan fingerprint density at radius 1 is 0.595 bits per heavy atom. The molecule has 0 spiro atoms. The quantitative estimate of drug-likeness (QED) is 0.163. The highest BCUT2D eigenvalue weighted by atomic mass is 16.5. The fourth-order valence-electron chi connectivity index (χ4n) is 2.77. The van der Waals surface area contributed by atoms with Crippen molar-refractivity contribution in [2.24, 2.45) is 0 Å². The summed E-state index contributed by atoms with van der Waals surface area (Å²) in [6.45, 7) is 9.70. The van der Waals surface area contributed by atoms with Crippen molar-refractivity contribution in [3.8, 4) is 0 Å². The summed E-state index contributed by atoms with van der Waals surface area (Å²) in [6.07, 6.45) is -0.278. The summed E-state index contributed by atoms with van der Waals surface area (Å²) in [5, 5.41) is 0. The van der Waals surface area contributed by atoms with Crippen LogP contribution in [0.3, 0.4) is 0 Å². The van der Waals surface area contributed by atoms with Crippen LogP contribution < -0.4 is 0 Å². The summed E-state index contributed by atoms with van der Waals surface area (Å²) in [5.74, 6) is -2.58. The molecule has 208 valence electrons. The predicted octanol–water partition coefficient (Wildman–Crippen LogP) is 0.577. The summed E-state index contributed by atoms with van der Waals surface area (Å²) in [5.41, 5.74) is 0.385. The lowest BCUT2D eigenvalue weighted by Crippen LogP contribution is -2.46. The minimum atomic E-state index is -0.611. The van der Waals surface area contributed by atoms with Crippen molar-refractivity contribution in [2.45, 2.75) is 39.5 Å². The summed E-state index contributed by atoms with van der Waals surface area (Å²) in [7, 11) is 6.37. The molecule has 0 N–H and O–H groups in total. The van der Waals surface area contributed by atoms with E-state index in [2.05, 4.69) is 13.2 Å². The van der Waals surface area contributed by atoms with Crippen molar-refractivity contribution >= 4 is 35.6 Å². The van der Waals surface area contributed by atoms with Crippen LogP contribution in [-0.4, -0.2) is 116 Å². The smallest absolute Gasteiger partial charge is 0.307 e. The summed E-state index contributed by atoms with van der Waals surface area (Å²) in [6, 6.07) is 0. The molecule has 0 aromatic heterocycles. The van der Waals surface area contributed by atoms with Crippen molar-refractivity contribution < 1.29 is 38.2 Å². The van der Waals surface area contributed by atoms with E-state index in [4.69, 9.17) is 9.47 Å². The second kappa shape index (κ2) is 16.9. The first-order chi connectivity index (χ1) is 17.2. The van der Waals surface area contributed by atoms with Crippen molar-refractivity contribution in [3.05, 3.63) is 24.3 Å². The third kappa shape index (κ3) is 13.8. The SMILES string of the molecule is C=C(C)C(=O)N(CCC(=O)OCCC(=O)N(C)C)CN(CCC(=O)OCCC(=O)N(C)C)C(=O)C(=C)C. The zero-order valence-electron chi connectivity index (χ0n) is 22.8. The van der Waals surface area contributed by atoms with E-state index < -0.39 is 23.8 Å². The van der Waals surface area contributed by atoms with Gasteiger partial charge >= 0.3 is 11.9 Å². The van der Waals surface area contributed by atoms with Crippen LogP contribution in [0, 0.1) is 0 Å². The molecule has 37 heavy (non-hydrogen) atoms. The highest BCUT2D eigenvalue weighted by molar-refractivity contribution is 5.94. The van der Waals surface area contributed by atoms with Gasteiger partial charge in [-0.3, -0.25) is 28.8 Å². The minimum absolute atomic E-state index is 0.0352. The predicted molar refractivity (Wildman–Crippen MR) is 136 cm³/mol. The van der Waals surface area contributed by atoms with Gasteiger partial charge in [0.05, 0.1) is 32.4 Å². The van der Waals surface area contributed by atoms with Gasteiger partial charge in [-0.05, 0) is 13.8 Å². The third-order valence-corrected chi connectivity index (χ3v) is 4.97. The van der Waals surface area contributed by atoms with E-state index in [1.165, 1.54) is 33.4 Å². The lowest BCUT2D eigenvalue weighted by molar-refractivity contribution is -0.146. The van der Waals surface area contributed by atoms with E-state index >= 15 is 0 Å². The molecule has 0 saturated carbocycles. The average molecular weight is 525 g/mol. The number of rotatable bonds is 16. The molecule has 0 saturated heterocycles. The Bertz CT molecular complexity index is 812. The zero-order valence-corrected chi connectivity index (χ0v) is 22.8. The first-order valence-electron chi connectivity index (χ1n) is 11.8. The van der Waals surface area contributed by atoms with Crippen LogP contribution in [0.25, 0.3) is 0 Å². The Morgan fingerprint density at radius 3 is 1.19 bits per heavy atom. The normalized spacial score (nSPS) is 10.1. The van der Waals surface area contributed by atoms with Gasteiger partial charge in [-0.1, -0.05) is 13.2 Å². The van der Waals surface area contributed by atoms with E-state index in [0.29, 0.717) is 0 Å². The van der Waals surface area contributed by atoms with Crippen LogP contribution in [0.15, 0.2) is 24.3 Å². The van der Waals surface area contributed by atoms with Crippen LogP contribution in [0.2, 0.25) is 0 Å². The van der Waals surface area contributed by atoms with Gasteiger partial charge in [-0.15, -0.1) is 0 Å². The van der Waals surface area contributed by atoms with Crippen molar-refractivity contribution in [1.29, 1.82) is 0 Å². The molecule has 0 radical (unpaired) electrons. The molecule has 0 rings (SSSR count). The number of hydrogen-bond donors (Lipinski definition) is 0. The molecule has 0 atom stereocenters. The Balaban J connectivity index is 5.14. The number of ether oxygens (including phenoxy) is 2. The van der Waals surface area contributed by atoms with Crippen LogP contribution in [0.1, 0.15) is 39.5 Å². The molecule has 0 unspecified atom stereocenters. The Hall–Kier alpha value is -3.70. The largest absolute Gasteiger partial charge is 0.465 e. The van der Waals surface area contributed by atoms with E-state index in [0.717, 1.165) is 0 Å². The fraction of sp³-hybridized carbons (Fsp3) is 0.600. The van der Waals surface area contributed by atoms with Gasteiger partial charge in [-0.25, -0.2) is 0 Å². The number of esters is 2. The molecule has 0 aromatic rings. The molecule has 0 bridgehead atoms. The van der Waals surface area contributed by atoms with E-state index in [-0.39, 0.29) is 81.6 Å². The maximum atomic E-state index is 12.7. The third-order valence-electron chi connectivity index (χ3n) is 4.97. The number of carbonyl (C=O) groups excluding carboxylic acids is 6. The van der Waals surface area contributed by atoms with Crippen molar-refractivity contribution in [3.63, 3.8) is 0 Å². The van der Waals surface area contributed by atoms with Gasteiger partial charge in [0.15, 0.2) is 0 Å². The van der Waals surface area contributed by atoms with Gasteiger partial charge in [0.2, 0.25) is 23.6 Å². The Kier molecular flexibility index (Phi) is 15.2. The first kappa shape index (κ1) is 33.3. The van der Waals surface area contributed by atoms with E-state index in [9.17, 15) is 28.8 Å². The van der Waals surface area contributed by atoms with Crippen LogP contribution >= 0.6 is 0 Å². The number of hydrogen-bond acceptors (Lipinski definition) is 8. The van der Waals surface area contributed by atoms with Gasteiger partial charge in [0.1, 0.15) is 13.2 Å². The summed E-state index contributed by atoms with van der Waals surface area (Å²) in [4.78, 5) is 78.1. The summed E-state index contributed by atoms with van der Waals surface area (Å²) < 4.78 is 10.1. The molecule has 12 heteroatoms. The molecule has 0 fully saturated rings. The Morgan fingerprint density at radius 2 is 0.919 bits per heavy atom. The number of amides is 4. The van der Waals surface area contributed by atoms with Gasteiger partial charge in [0.25, 0.3) is 0 Å². The average Bonchev–Trinajstić information content (AvgIpc) is 2.82. The molecule has 12 nitrogen and oxygen atoms in total. The van der Waals surface area contributed by atoms with Crippen molar-refractivity contribution in [1.82, 2.24) is 19.6 Å². The second-order valence-electron chi connectivity index (χ2n) is 8.86. The zero-order chi connectivity index (χ0) is 28.7. The molecule has 0 aliphatic carbocycles. The van der Waals surface area contributed by atoms with Crippen LogP contribution in [-0.2, 0) is 38.2 Å². The van der Waals surface area contributed by atoms with E-state index in [1.807, 2.05) is 0 Å². The maximum absolute atomic E-state index is 12.7.